The lowest BCUT2D eigenvalue weighted by molar-refractivity contribution is 0.340. The molecule has 3 aromatic rings. The number of hydrogen-bond donors (Lipinski definition) is 1. The van der Waals surface area contributed by atoms with E-state index in [4.69, 9.17) is 9.47 Å². The first-order chi connectivity index (χ1) is 13.2. The largest absolute Gasteiger partial charge is 0.494 e. The van der Waals surface area contributed by atoms with Crippen molar-refractivity contribution >= 4 is 0 Å². The molecular weight excluding hydrogens is 340 g/mol. The number of nitrogens with zero attached hydrogens (tertiary/aromatic N) is 1. The van der Waals surface area contributed by atoms with Crippen molar-refractivity contribution in [2.24, 2.45) is 0 Å². The fourth-order valence-corrected chi connectivity index (χ4v) is 2.85. The van der Waals surface area contributed by atoms with Crippen LogP contribution in [-0.4, -0.2) is 18.2 Å². The van der Waals surface area contributed by atoms with Crippen LogP contribution < -0.4 is 15.0 Å². The summed E-state index contributed by atoms with van der Waals surface area (Å²) < 4.78 is 10.9. The van der Waals surface area contributed by atoms with Crippen molar-refractivity contribution < 1.29 is 9.47 Å². The molecule has 0 amide bonds. The number of ether oxygens (including phenoxy) is 2. The number of aromatic amines is 1. The summed E-state index contributed by atoms with van der Waals surface area (Å²) in [4.78, 5) is 15.2. The van der Waals surface area contributed by atoms with Gasteiger partial charge in [0.1, 0.15) is 23.1 Å². The number of nitrogens with one attached hydrogen (secondary N) is 1. The number of pyridine rings is 1. The third-order valence-electron chi connectivity index (χ3n) is 4.10. The van der Waals surface area contributed by atoms with Crippen LogP contribution in [0.3, 0.4) is 0 Å². The molecule has 0 saturated heterocycles. The summed E-state index contributed by atoms with van der Waals surface area (Å²) in [5.74, 6) is 1.51. The predicted octanol–water partition coefficient (Wildman–Crippen LogP) is 4.38. The van der Waals surface area contributed by atoms with Crippen molar-refractivity contribution in [3.63, 3.8) is 0 Å². The fourth-order valence-electron chi connectivity index (χ4n) is 2.85. The van der Waals surface area contributed by atoms with E-state index in [2.05, 4.69) is 4.98 Å². The second-order valence-corrected chi connectivity index (χ2v) is 5.83. The second-order valence-electron chi connectivity index (χ2n) is 5.83. The molecule has 2 aromatic carbocycles. The summed E-state index contributed by atoms with van der Waals surface area (Å²) in [5.41, 5.74) is 2.54. The van der Waals surface area contributed by atoms with Crippen molar-refractivity contribution in [3.8, 4) is 40.0 Å². The second kappa shape index (κ2) is 8.24. The summed E-state index contributed by atoms with van der Waals surface area (Å²) >= 11 is 0. The maximum atomic E-state index is 12.4. The van der Waals surface area contributed by atoms with Gasteiger partial charge in [0.25, 0.3) is 5.56 Å². The Hall–Kier alpha value is -3.52. The first kappa shape index (κ1) is 18.3. The summed E-state index contributed by atoms with van der Waals surface area (Å²) in [6.45, 7) is 5.02. The van der Waals surface area contributed by atoms with Crippen LogP contribution in [0.25, 0.3) is 22.4 Å². The van der Waals surface area contributed by atoms with E-state index >= 15 is 0 Å². The monoisotopic (exact) mass is 360 g/mol. The van der Waals surface area contributed by atoms with Gasteiger partial charge < -0.3 is 14.5 Å². The predicted molar refractivity (Wildman–Crippen MR) is 105 cm³/mol. The van der Waals surface area contributed by atoms with Crippen molar-refractivity contribution in [1.82, 2.24) is 4.98 Å². The van der Waals surface area contributed by atoms with E-state index in [1.54, 1.807) is 0 Å². The highest BCUT2D eigenvalue weighted by molar-refractivity contribution is 5.75. The highest BCUT2D eigenvalue weighted by Gasteiger charge is 2.13. The maximum absolute atomic E-state index is 12.4. The quantitative estimate of drug-likeness (QED) is 0.708. The molecule has 0 aliphatic carbocycles. The van der Waals surface area contributed by atoms with Gasteiger partial charge in [-0.25, -0.2) is 0 Å². The average molecular weight is 360 g/mol. The molecule has 0 spiro atoms. The highest BCUT2D eigenvalue weighted by atomic mass is 16.5. The molecule has 5 heteroatoms. The van der Waals surface area contributed by atoms with Gasteiger partial charge in [-0.1, -0.05) is 12.1 Å². The van der Waals surface area contributed by atoms with Gasteiger partial charge in [0.15, 0.2) is 0 Å². The van der Waals surface area contributed by atoms with Crippen LogP contribution in [-0.2, 0) is 0 Å². The van der Waals surface area contributed by atoms with Crippen LogP contribution in [0.1, 0.15) is 19.4 Å². The zero-order valence-corrected chi connectivity index (χ0v) is 15.3. The maximum Gasteiger partial charge on any atom is 0.266 e. The summed E-state index contributed by atoms with van der Waals surface area (Å²) in [6, 6.07) is 18.7. The lowest BCUT2D eigenvalue weighted by Crippen LogP contribution is -2.12. The van der Waals surface area contributed by atoms with Crippen LogP contribution in [0, 0.1) is 11.3 Å². The first-order valence-electron chi connectivity index (χ1n) is 8.80. The van der Waals surface area contributed by atoms with Crippen LogP contribution in [0.15, 0.2) is 59.4 Å². The zero-order chi connectivity index (χ0) is 19.2. The molecule has 0 bridgehead atoms. The molecule has 0 aliphatic heterocycles. The number of benzene rings is 2. The Labute approximate surface area is 157 Å². The Morgan fingerprint density at radius 1 is 0.889 bits per heavy atom. The summed E-state index contributed by atoms with van der Waals surface area (Å²) in [5, 5.41) is 9.45. The lowest BCUT2D eigenvalue weighted by Gasteiger charge is -2.10. The molecule has 1 heterocycles. The van der Waals surface area contributed by atoms with Crippen molar-refractivity contribution in [2.45, 2.75) is 13.8 Å². The molecule has 0 aliphatic rings. The fraction of sp³-hybridized carbons (Fsp3) is 0.182. The SMILES string of the molecule is CCOc1ccc(-c2cc(-c3ccc(OCC)cc3)c(C#N)c(=O)[nH]2)cc1. The van der Waals surface area contributed by atoms with Gasteiger partial charge in [-0.3, -0.25) is 4.79 Å². The minimum absolute atomic E-state index is 0.0915. The van der Waals surface area contributed by atoms with Crippen molar-refractivity contribution in [2.75, 3.05) is 13.2 Å². The highest BCUT2D eigenvalue weighted by Crippen LogP contribution is 2.28. The number of H-pyrrole nitrogens is 1. The van der Waals surface area contributed by atoms with E-state index in [-0.39, 0.29) is 5.56 Å². The van der Waals surface area contributed by atoms with Gasteiger partial charge in [-0.05, 0) is 67.4 Å². The van der Waals surface area contributed by atoms with E-state index in [1.165, 1.54) is 0 Å². The number of rotatable bonds is 6. The Balaban J connectivity index is 2.05. The molecule has 136 valence electrons. The first-order valence-corrected chi connectivity index (χ1v) is 8.80. The van der Waals surface area contributed by atoms with E-state index in [0.717, 1.165) is 22.6 Å². The third kappa shape index (κ3) is 4.01. The molecule has 0 atom stereocenters. The Morgan fingerprint density at radius 3 is 1.89 bits per heavy atom. The number of nitriles is 1. The smallest absolute Gasteiger partial charge is 0.266 e. The Kier molecular flexibility index (Phi) is 5.58. The normalized spacial score (nSPS) is 10.3. The van der Waals surface area contributed by atoms with Gasteiger partial charge in [0.05, 0.1) is 13.2 Å². The molecule has 27 heavy (non-hydrogen) atoms. The molecule has 3 rings (SSSR count). The van der Waals surface area contributed by atoms with E-state index in [9.17, 15) is 10.1 Å². The van der Waals surface area contributed by atoms with E-state index in [0.29, 0.717) is 24.5 Å². The van der Waals surface area contributed by atoms with Crippen LogP contribution >= 0.6 is 0 Å². The molecule has 5 nitrogen and oxygen atoms in total. The van der Waals surface area contributed by atoms with Gasteiger partial charge in [-0.15, -0.1) is 0 Å². The molecule has 0 unspecified atom stereocenters. The minimum Gasteiger partial charge on any atom is -0.494 e. The minimum atomic E-state index is -0.409. The topological polar surface area (TPSA) is 75.1 Å². The van der Waals surface area contributed by atoms with Gasteiger partial charge in [0.2, 0.25) is 0 Å². The lowest BCUT2D eigenvalue weighted by atomic mass is 9.99. The summed E-state index contributed by atoms with van der Waals surface area (Å²) in [7, 11) is 0. The third-order valence-corrected chi connectivity index (χ3v) is 4.10. The standard InChI is InChI=1S/C22H20N2O3/c1-3-26-17-9-5-15(6-10-17)19-13-21(24-22(25)20(19)14-23)16-7-11-18(12-8-16)27-4-2/h5-13H,3-4H2,1-2H3,(H,24,25). The molecule has 1 N–H and O–H groups in total. The van der Waals surface area contributed by atoms with Gasteiger partial charge >= 0.3 is 0 Å². The van der Waals surface area contributed by atoms with E-state index < -0.39 is 5.56 Å². The molecule has 0 radical (unpaired) electrons. The number of hydrogen-bond acceptors (Lipinski definition) is 4. The average Bonchev–Trinajstić information content (AvgIpc) is 2.69. The van der Waals surface area contributed by atoms with Gasteiger partial charge in [-0.2, -0.15) is 5.26 Å². The van der Waals surface area contributed by atoms with Crippen LogP contribution in [0.2, 0.25) is 0 Å². The van der Waals surface area contributed by atoms with Crippen molar-refractivity contribution in [3.05, 3.63) is 70.5 Å². The molecule has 0 fully saturated rings. The molecule has 1 aromatic heterocycles. The van der Waals surface area contributed by atoms with Gasteiger partial charge in [0, 0.05) is 11.3 Å². The van der Waals surface area contributed by atoms with Crippen LogP contribution in [0.4, 0.5) is 0 Å². The summed E-state index contributed by atoms with van der Waals surface area (Å²) in [6.07, 6.45) is 0. The Bertz CT molecular complexity index is 1010. The molecular formula is C22H20N2O3. The zero-order valence-electron chi connectivity index (χ0n) is 15.3. The Morgan fingerprint density at radius 2 is 1.41 bits per heavy atom. The molecule has 0 saturated carbocycles. The van der Waals surface area contributed by atoms with Crippen LogP contribution in [0.5, 0.6) is 11.5 Å². The van der Waals surface area contributed by atoms with E-state index in [1.807, 2.05) is 74.5 Å². The number of aromatic nitrogens is 1. The van der Waals surface area contributed by atoms with Crippen molar-refractivity contribution in [1.29, 1.82) is 5.26 Å².